The van der Waals surface area contributed by atoms with Crippen molar-refractivity contribution in [2.24, 2.45) is 4.99 Å². The molecule has 8 rings (SSSR count). The summed E-state index contributed by atoms with van der Waals surface area (Å²) in [6.07, 6.45) is 18.2. The van der Waals surface area contributed by atoms with Gasteiger partial charge in [0.05, 0.1) is 22.1 Å². The summed E-state index contributed by atoms with van der Waals surface area (Å²) in [5.74, 6) is 0. The van der Waals surface area contributed by atoms with Crippen LogP contribution in [0.2, 0.25) is 0 Å². The molecule has 0 fully saturated rings. The van der Waals surface area contributed by atoms with E-state index in [0.29, 0.717) is 0 Å². The SMILES string of the molecule is C=C/C=C(\C=NC)c1ccc2c(c1)c1cc3c(cc1n2/C(C=C)=C/C=C)-c1cc2c(cc1CC3)c1cc(C(=C)/C=C\C=N)ccc1n2-c1ccccc1. The van der Waals surface area contributed by atoms with Crippen molar-refractivity contribution in [1.29, 1.82) is 5.41 Å². The van der Waals surface area contributed by atoms with Crippen LogP contribution in [0.4, 0.5) is 0 Å². The summed E-state index contributed by atoms with van der Waals surface area (Å²) >= 11 is 0. The van der Waals surface area contributed by atoms with E-state index in [1.54, 1.807) is 13.1 Å². The number of nitrogens with one attached hydrogen (secondary N) is 1. The minimum absolute atomic E-state index is 0.880. The molecule has 0 bridgehead atoms. The van der Waals surface area contributed by atoms with Crippen LogP contribution in [0.1, 0.15) is 22.3 Å². The molecule has 4 heteroatoms. The molecule has 0 radical (unpaired) electrons. The Hall–Kier alpha value is -6.78. The van der Waals surface area contributed by atoms with E-state index in [1.807, 2.05) is 42.7 Å². The maximum absolute atomic E-state index is 7.44. The van der Waals surface area contributed by atoms with Crippen LogP contribution >= 0.6 is 0 Å². The Morgan fingerprint density at radius 2 is 1.32 bits per heavy atom. The van der Waals surface area contributed by atoms with E-state index in [4.69, 9.17) is 5.41 Å². The van der Waals surface area contributed by atoms with Crippen LogP contribution < -0.4 is 0 Å². The maximum atomic E-state index is 7.44. The molecule has 0 amide bonds. The Morgan fingerprint density at radius 1 is 0.698 bits per heavy atom. The van der Waals surface area contributed by atoms with Crippen molar-refractivity contribution in [3.8, 4) is 16.8 Å². The Kier molecular flexibility index (Phi) is 8.65. The van der Waals surface area contributed by atoms with Crippen molar-refractivity contribution >= 4 is 72.9 Å². The Balaban J connectivity index is 1.41. The van der Waals surface area contributed by atoms with Crippen molar-refractivity contribution in [1.82, 2.24) is 9.13 Å². The number of rotatable bonds is 10. The highest BCUT2D eigenvalue weighted by atomic mass is 15.0. The molecule has 1 N–H and O–H groups in total. The molecule has 53 heavy (non-hydrogen) atoms. The molecule has 0 saturated carbocycles. The topological polar surface area (TPSA) is 46.1 Å². The van der Waals surface area contributed by atoms with Gasteiger partial charge in [-0.1, -0.05) is 81.0 Å². The highest BCUT2D eigenvalue weighted by Crippen LogP contribution is 2.44. The number of fused-ring (bicyclic) bond motifs is 9. The molecular formula is C49H40N4. The number of para-hydroxylation sites is 1. The first-order valence-electron chi connectivity index (χ1n) is 17.8. The van der Waals surface area contributed by atoms with Crippen LogP contribution in [0.3, 0.4) is 0 Å². The number of aryl methyl sites for hydroxylation is 2. The van der Waals surface area contributed by atoms with Crippen molar-refractivity contribution in [2.45, 2.75) is 12.8 Å². The van der Waals surface area contributed by atoms with Crippen LogP contribution in [-0.2, 0) is 12.8 Å². The van der Waals surface area contributed by atoms with E-state index in [2.05, 4.69) is 131 Å². The van der Waals surface area contributed by atoms with Crippen LogP contribution in [0.25, 0.3) is 77.3 Å². The minimum Gasteiger partial charge on any atom is -0.309 e. The van der Waals surface area contributed by atoms with Gasteiger partial charge in [0.15, 0.2) is 0 Å². The molecule has 0 aliphatic heterocycles. The first-order chi connectivity index (χ1) is 26.0. The average molecular weight is 685 g/mol. The van der Waals surface area contributed by atoms with Gasteiger partial charge in [-0.3, -0.25) is 4.99 Å². The molecule has 256 valence electrons. The number of hydrogen-bond donors (Lipinski definition) is 1. The summed E-state index contributed by atoms with van der Waals surface area (Å²) in [7, 11) is 1.79. The second kappa shape index (κ2) is 13.7. The molecule has 0 atom stereocenters. The standard InChI is InChI=1S/C49H40N4/c1-6-13-37(31-51-5)34-21-23-46-43(26-34)45-28-36-19-18-35-27-44-42-25-33(32(4)15-12-24-50)20-22-47(42)53(39-16-10-9-11-17-39)49(44)30-41(35)40(36)29-48(45)52(46)38(8-3)14-7-2/h6-17,20-31,50H,1-4,18-19H2,5H3/b15-12-,37-13+,38-14+,50-24?,51-31?. The highest BCUT2D eigenvalue weighted by molar-refractivity contribution is 6.17. The summed E-state index contributed by atoms with van der Waals surface area (Å²) in [5.41, 5.74) is 15.9. The van der Waals surface area contributed by atoms with Crippen molar-refractivity contribution in [3.05, 3.63) is 182 Å². The van der Waals surface area contributed by atoms with Crippen LogP contribution in [0, 0.1) is 5.41 Å². The molecular weight excluding hydrogens is 645 g/mol. The number of hydrogen-bond acceptors (Lipinski definition) is 2. The quantitative estimate of drug-likeness (QED) is 0.110. The van der Waals surface area contributed by atoms with Crippen molar-refractivity contribution in [2.75, 3.05) is 7.05 Å². The predicted octanol–water partition coefficient (Wildman–Crippen LogP) is 12.4. The number of aromatic nitrogens is 2. The van der Waals surface area contributed by atoms with Gasteiger partial charge in [0.1, 0.15) is 0 Å². The van der Waals surface area contributed by atoms with Crippen molar-refractivity contribution in [3.63, 3.8) is 0 Å². The van der Waals surface area contributed by atoms with Gasteiger partial charge in [-0.15, -0.1) is 0 Å². The first kappa shape index (κ1) is 33.4. The molecule has 4 nitrogen and oxygen atoms in total. The molecule has 5 aromatic carbocycles. The smallest absolute Gasteiger partial charge is 0.0547 e. The largest absolute Gasteiger partial charge is 0.309 e. The molecule has 7 aromatic rings. The summed E-state index contributed by atoms with van der Waals surface area (Å²) in [5, 5.41) is 12.2. The third-order valence-corrected chi connectivity index (χ3v) is 10.4. The average Bonchev–Trinajstić information content (AvgIpc) is 3.68. The van der Waals surface area contributed by atoms with Crippen LogP contribution in [0.5, 0.6) is 0 Å². The van der Waals surface area contributed by atoms with Gasteiger partial charge in [-0.2, -0.15) is 0 Å². The molecule has 2 heterocycles. The molecule has 0 unspecified atom stereocenters. The van der Waals surface area contributed by atoms with Crippen LogP contribution in [0.15, 0.2) is 165 Å². The predicted molar refractivity (Wildman–Crippen MR) is 231 cm³/mol. The van der Waals surface area contributed by atoms with E-state index in [-0.39, 0.29) is 0 Å². The molecule has 2 aromatic heterocycles. The Bertz CT molecular complexity index is 2810. The molecule has 1 aliphatic rings. The van der Waals surface area contributed by atoms with Crippen molar-refractivity contribution < 1.29 is 0 Å². The minimum atomic E-state index is 0.880. The van der Waals surface area contributed by atoms with E-state index in [0.717, 1.165) is 63.0 Å². The monoisotopic (exact) mass is 684 g/mol. The fourth-order valence-corrected chi connectivity index (χ4v) is 8.01. The molecule has 0 spiro atoms. The number of nitrogens with zero attached hydrogens (tertiary/aromatic N) is 3. The summed E-state index contributed by atoms with van der Waals surface area (Å²) < 4.78 is 4.69. The summed E-state index contributed by atoms with van der Waals surface area (Å²) in [6.45, 7) is 16.4. The second-order valence-electron chi connectivity index (χ2n) is 13.4. The van der Waals surface area contributed by atoms with Gasteiger partial charge in [0.25, 0.3) is 0 Å². The van der Waals surface area contributed by atoms with Gasteiger partial charge in [0.2, 0.25) is 0 Å². The van der Waals surface area contributed by atoms with Gasteiger partial charge < -0.3 is 14.5 Å². The second-order valence-corrected chi connectivity index (χ2v) is 13.4. The zero-order chi connectivity index (χ0) is 36.6. The lowest BCUT2D eigenvalue weighted by atomic mass is 9.84. The van der Waals surface area contributed by atoms with Gasteiger partial charge in [-0.25, -0.2) is 0 Å². The number of benzene rings is 5. The van der Waals surface area contributed by atoms with E-state index in [9.17, 15) is 0 Å². The zero-order valence-electron chi connectivity index (χ0n) is 29.9. The normalized spacial score (nSPS) is 13.3. The first-order valence-corrected chi connectivity index (χ1v) is 17.8. The number of allylic oxidation sites excluding steroid dienone is 10. The maximum Gasteiger partial charge on any atom is 0.0547 e. The van der Waals surface area contributed by atoms with E-state index >= 15 is 0 Å². The zero-order valence-corrected chi connectivity index (χ0v) is 29.9. The lowest BCUT2D eigenvalue weighted by molar-refractivity contribution is 0.946. The van der Waals surface area contributed by atoms with Gasteiger partial charge in [0, 0.05) is 52.4 Å². The van der Waals surface area contributed by atoms with E-state index in [1.165, 1.54) is 55.5 Å². The highest BCUT2D eigenvalue weighted by Gasteiger charge is 2.24. The third-order valence-electron chi connectivity index (χ3n) is 10.4. The third kappa shape index (κ3) is 5.56. The fourth-order valence-electron chi connectivity index (χ4n) is 8.01. The molecule has 0 saturated heterocycles. The molecule has 1 aliphatic carbocycles. The van der Waals surface area contributed by atoms with E-state index < -0.39 is 0 Å². The number of aliphatic imine (C=N–C) groups is 1. The van der Waals surface area contributed by atoms with Gasteiger partial charge >= 0.3 is 0 Å². The Labute approximate surface area is 310 Å². The summed E-state index contributed by atoms with van der Waals surface area (Å²) in [4.78, 5) is 4.31. The van der Waals surface area contributed by atoms with Crippen LogP contribution in [-0.4, -0.2) is 28.6 Å². The lowest BCUT2D eigenvalue weighted by Crippen LogP contribution is -2.05. The van der Waals surface area contributed by atoms with Gasteiger partial charge in [-0.05, 0) is 136 Å². The lowest BCUT2D eigenvalue weighted by Gasteiger charge is -2.21. The fraction of sp³-hybridized carbons (Fsp3) is 0.0612. The summed E-state index contributed by atoms with van der Waals surface area (Å²) in [6, 6.07) is 33.4. The Morgan fingerprint density at radius 3 is 2.00 bits per heavy atom.